The van der Waals surface area contributed by atoms with Gasteiger partial charge in [-0.25, -0.2) is 0 Å². The third-order valence-electron chi connectivity index (χ3n) is 5.37. The average molecular weight is 321 g/mol. The van der Waals surface area contributed by atoms with E-state index in [0.717, 1.165) is 57.3 Å². The second-order valence-electron chi connectivity index (χ2n) is 7.11. The van der Waals surface area contributed by atoms with Crippen LogP contribution in [-0.2, 0) is 9.53 Å². The molecule has 0 saturated heterocycles. The second kappa shape index (κ2) is 9.05. The number of nitrogens with zero attached hydrogens (tertiary/aromatic N) is 1. The Kier molecular flexibility index (Phi) is 7.08. The van der Waals surface area contributed by atoms with Gasteiger partial charge in [-0.3, -0.25) is 4.79 Å². The van der Waals surface area contributed by atoms with E-state index in [2.05, 4.69) is 6.92 Å². The van der Waals surface area contributed by atoms with E-state index in [0.29, 0.717) is 0 Å². The summed E-state index contributed by atoms with van der Waals surface area (Å²) in [4.78, 5) is 12.3. The van der Waals surface area contributed by atoms with E-state index < -0.39 is 5.83 Å². The average Bonchev–Trinajstić information content (AvgIpc) is 2.57. The topological polar surface area (TPSA) is 50.1 Å². The van der Waals surface area contributed by atoms with E-state index >= 15 is 0 Å². The number of allylic oxidation sites excluding steroid dienone is 2. The minimum absolute atomic E-state index is 0.0225. The van der Waals surface area contributed by atoms with Crippen molar-refractivity contribution in [3.8, 4) is 6.07 Å². The highest BCUT2D eigenvalue weighted by Crippen LogP contribution is 2.34. The maximum absolute atomic E-state index is 13.0. The van der Waals surface area contributed by atoms with Crippen LogP contribution in [-0.4, -0.2) is 12.1 Å². The Morgan fingerprint density at radius 1 is 1.17 bits per heavy atom. The van der Waals surface area contributed by atoms with Crippen molar-refractivity contribution >= 4 is 5.97 Å². The standard InChI is InChI=1S/C19H28FNO2/c1-2-3-14-4-8-16(9-5-14)19(22)23-18-10-6-15(7-11-18)12-17(20)13-21/h12,14-16,18H,2-11H2,1H3. The van der Waals surface area contributed by atoms with Crippen molar-refractivity contribution in [2.45, 2.75) is 77.2 Å². The van der Waals surface area contributed by atoms with Crippen molar-refractivity contribution in [3.05, 3.63) is 11.9 Å². The second-order valence-corrected chi connectivity index (χ2v) is 7.11. The summed E-state index contributed by atoms with van der Waals surface area (Å²) >= 11 is 0. The lowest BCUT2D eigenvalue weighted by Gasteiger charge is -2.30. The highest BCUT2D eigenvalue weighted by atomic mass is 19.1. The van der Waals surface area contributed by atoms with Gasteiger partial charge >= 0.3 is 5.97 Å². The fraction of sp³-hybridized carbons (Fsp3) is 0.789. The van der Waals surface area contributed by atoms with Crippen LogP contribution in [0.3, 0.4) is 0 Å². The first-order chi connectivity index (χ1) is 11.1. The molecular weight excluding hydrogens is 293 g/mol. The molecule has 0 atom stereocenters. The zero-order valence-corrected chi connectivity index (χ0v) is 14.1. The quantitative estimate of drug-likeness (QED) is 0.524. The Balaban J connectivity index is 1.70. The summed E-state index contributed by atoms with van der Waals surface area (Å²) < 4.78 is 18.7. The first-order valence-corrected chi connectivity index (χ1v) is 9.10. The summed E-state index contributed by atoms with van der Waals surface area (Å²) in [6, 6.07) is 1.52. The molecule has 2 aliphatic rings. The Morgan fingerprint density at radius 2 is 1.83 bits per heavy atom. The maximum atomic E-state index is 13.0. The zero-order chi connectivity index (χ0) is 16.7. The largest absolute Gasteiger partial charge is 0.462 e. The monoisotopic (exact) mass is 321 g/mol. The highest BCUT2D eigenvalue weighted by Gasteiger charge is 2.30. The van der Waals surface area contributed by atoms with Crippen LogP contribution in [0.4, 0.5) is 4.39 Å². The molecule has 0 aliphatic heterocycles. The lowest BCUT2D eigenvalue weighted by atomic mass is 9.80. The van der Waals surface area contributed by atoms with E-state index in [9.17, 15) is 9.18 Å². The van der Waals surface area contributed by atoms with Gasteiger partial charge in [0, 0.05) is 0 Å². The number of hydrogen-bond acceptors (Lipinski definition) is 3. The summed E-state index contributed by atoms with van der Waals surface area (Å²) in [6.07, 6.45) is 11.3. The van der Waals surface area contributed by atoms with E-state index in [-0.39, 0.29) is 23.9 Å². The third kappa shape index (κ3) is 5.64. The number of ether oxygens (including phenoxy) is 1. The van der Waals surface area contributed by atoms with Gasteiger partial charge in [-0.2, -0.15) is 9.65 Å². The molecule has 23 heavy (non-hydrogen) atoms. The molecule has 0 aromatic rings. The molecule has 4 heteroatoms. The third-order valence-corrected chi connectivity index (χ3v) is 5.37. The molecule has 2 aliphatic carbocycles. The van der Waals surface area contributed by atoms with Crippen LogP contribution in [0.2, 0.25) is 0 Å². The van der Waals surface area contributed by atoms with Gasteiger partial charge < -0.3 is 4.74 Å². The normalized spacial score (nSPS) is 32.1. The number of halogens is 1. The molecule has 0 spiro atoms. The van der Waals surface area contributed by atoms with Gasteiger partial charge in [-0.1, -0.05) is 19.8 Å². The molecule has 0 aromatic carbocycles. The first kappa shape index (κ1) is 18.0. The summed E-state index contributed by atoms with van der Waals surface area (Å²) in [5.41, 5.74) is 0. The molecular formula is C19H28FNO2. The lowest BCUT2D eigenvalue weighted by molar-refractivity contribution is -0.157. The SMILES string of the molecule is CCCC1CCC(C(=O)OC2CCC(C=C(F)C#N)CC2)CC1. The minimum Gasteiger partial charge on any atom is -0.462 e. The van der Waals surface area contributed by atoms with Gasteiger partial charge in [0.2, 0.25) is 0 Å². The molecule has 0 heterocycles. The summed E-state index contributed by atoms with van der Waals surface area (Å²) in [5, 5.41) is 8.47. The molecule has 0 N–H and O–H groups in total. The smallest absolute Gasteiger partial charge is 0.309 e. The summed E-state index contributed by atoms with van der Waals surface area (Å²) in [5.74, 6) is 0.253. The van der Waals surface area contributed by atoms with Gasteiger partial charge in [-0.05, 0) is 69.3 Å². The van der Waals surface area contributed by atoms with Crippen LogP contribution in [0.5, 0.6) is 0 Å². The summed E-state index contributed by atoms with van der Waals surface area (Å²) in [6.45, 7) is 2.22. The van der Waals surface area contributed by atoms with Crippen molar-refractivity contribution < 1.29 is 13.9 Å². The van der Waals surface area contributed by atoms with E-state index in [1.165, 1.54) is 25.0 Å². The van der Waals surface area contributed by atoms with Gasteiger partial charge in [0.1, 0.15) is 12.2 Å². The fourth-order valence-corrected chi connectivity index (χ4v) is 3.97. The van der Waals surface area contributed by atoms with Crippen LogP contribution < -0.4 is 0 Å². The Hall–Kier alpha value is -1.37. The molecule has 0 radical (unpaired) electrons. The minimum atomic E-state index is -0.700. The number of hydrogen-bond donors (Lipinski definition) is 0. The number of esters is 1. The molecule has 0 bridgehead atoms. The molecule has 0 amide bonds. The van der Waals surface area contributed by atoms with Crippen molar-refractivity contribution in [3.63, 3.8) is 0 Å². The molecule has 128 valence electrons. The summed E-state index contributed by atoms with van der Waals surface area (Å²) in [7, 11) is 0. The van der Waals surface area contributed by atoms with Crippen molar-refractivity contribution in [1.29, 1.82) is 5.26 Å². The number of nitriles is 1. The fourth-order valence-electron chi connectivity index (χ4n) is 3.97. The molecule has 2 saturated carbocycles. The van der Waals surface area contributed by atoms with Crippen LogP contribution in [0.1, 0.15) is 71.1 Å². The maximum Gasteiger partial charge on any atom is 0.309 e. The van der Waals surface area contributed by atoms with Crippen molar-refractivity contribution in [2.24, 2.45) is 17.8 Å². The number of carbonyl (C=O) groups excluding carboxylic acids is 1. The number of rotatable bonds is 5. The molecule has 2 fully saturated rings. The predicted octanol–water partition coefficient (Wildman–Crippen LogP) is 5.07. The Morgan fingerprint density at radius 3 is 2.39 bits per heavy atom. The van der Waals surface area contributed by atoms with Crippen molar-refractivity contribution in [1.82, 2.24) is 0 Å². The molecule has 2 rings (SSSR count). The molecule has 0 unspecified atom stereocenters. The lowest BCUT2D eigenvalue weighted by Crippen LogP contribution is -2.30. The van der Waals surface area contributed by atoms with Crippen LogP contribution in [0, 0.1) is 29.1 Å². The van der Waals surface area contributed by atoms with Gasteiger partial charge in [0.05, 0.1) is 5.92 Å². The highest BCUT2D eigenvalue weighted by molar-refractivity contribution is 5.72. The van der Waals surface area contributed by atoms with Crippen LogP contribution in [0.25, 0.3) is 0 Å². The predicted molar refractivity (Wildman–Crippen MR) is 87.0 cm³/mol. The van der Waals surface area contributed by atoms with Crippen LogP contribution in [0.15, 0.2) is 11.9 Å². The first-order valence-electron chi connectivity index (χ1n) is 9.10. The Bertz CT molecular complexity index is 452. The van der Waals surface area contributed by atoms with Gasteiger partial charge in [0.25, 0.3) is 0 Å². The zero-order valence-electron chi connectivity index (χ0n) is 14.1. The molecule has 3 nitrogen and oxygen atoms in total. The van der Waals surface area contributed by atoms with E-state index in [4.69, 9.17) is 10.00 Å². The van der Waals surface area contributed by atoms with E-state index in [1.807, 2.05) is 0 Å². The van der Waals surface area contributed by atoms with E-state index in [1.54, 1.807) is 0 Å². The van der Waals surface area contributed by atoms with Crippen molar-refractivity contribution in [2.75, 3.05) is 0 Å². The van der Waals surface area contributed by atoms with Gasteiger partial charge in [0.15, 0.2) is 5.83 Å². The van der Waals surface area contributed by atoms with Crippen LogP contribution >= 0.6 is 0 Å². The number of carbonyl (C=O) groups is 1. The molecule has 0 aromatic heterocycles. The van der Waals surface area contributed by atoms with Gasteiger partial charge in [-0.15, -0.1) is 0 Å². The Labute approximate surface area is 138 Å².